The number of benzene rings is 2. The lowest BCUT2D eigenvalue weighted by Crippen LogP contribution is -2.28. The molecule has 5 heteroatoms. The normalized spacial score (nSPS) is 12.6. The van der Waals surface area contributed by atoms with Gasteiger partial charge in [-0.3, -0.25) is 0 Å². The second-order valence-corrected chi connectivity index (χ2v) is 3.97. The predicted molar refractivity (Wildman–Crippen MR) is 72.1 cm³/mol. The Morgan fingerprint density at radius 3 is 1.95 bits per heavy atom. The molecule has 0 aliphatic rings. The van der Waals surface area contributed by atoms with Crippen LogP contribution < -0.4 is 5.73 Å². The number of hydrogen-bond donors (Lipinski definition) is 1. The van der Waals surface area contributed by atoms with E-state index >= 15 is 0 Å². The highest BCUT2D eigenvalue weighted by Gasteiger charge is 2.38. The Labute approximate surface area is 115 Å². The molecule has 0 saturated heterocycles. The van der Waals surface area contributed by atoms with Crippen molar-refractivity contribution < 1.29 is 13.2 Å². The van der Waals surface area contributed by atoms with Gasteiger partial charge >= 0.3 is 6.18 Å². The fourth-order valence-corrected chi connectivity index (χ4v) is 1.83. The molecule has 2 rings (SSSR count). The van der Waals surface area contributed by atoms with E-state index in [4.69, 9.17) is 5.73 Å². The third-order valence-electron chi connectivity index (χ3n) is 2.73. The molecule has 0 radical (unpaired) electrons. The van der Waals surface area contributed by atoms with Crippen LogP contribution in [0.3, 0.4) is 0 Å². The lowest BCUT2D eigenvalue weighted by Gasteiger charge is -2.19. The van der Waals surface area contributed by atoms with E-state index in [0.717, 1.165) is 5.56 Å². The van der Waals surface area contributed by atoms with E-state index in [1.54, 1.807) is 42.5 Å². The van der Waals surface area contributed by atoms with Gasteiger partial charge in [0.25, 0.3) is 0 Å². The van der Waals surface area contributed by atoms with E-state index in [0.29, 0.717) is 5.56 Å². The summed E-state index contributed by atoms with van der Waals surface area (Å²) in [5.41, 5.74) is 6.62. The molecular formula is C14H13ClF3N. The summed E-state index contributed by atoms with van der Waals surface area (Å²) in [7, 11) is 0. The molecule has 1 atom stereocenters. The average Bonchev–Trinajstić information content (AvgIpc) is 2.38. The molecule has 0 bridgehead atoms. The van der Waals surface area contributed by atoms with Crippen molar-refractivity contribution in [2.45, 2.75) is 12.2 Å². The zero-order chi connectivity index (χ0) is 13.2. The molecule has 1 nitrogen and oxygen atoms in total. The molecule has 0 aliphatic carbocycles. The van der Waals surface area contributed by atoms with Crippen molar-refractivity contribution in [3.8, 4) is 11.1 Å². The standard InChI is InChI=1S/C14H12F3N.ClH/c15-14(16,17)13(18)12-9-5-4-8-11(12)10-6-2-1-3-7-10;/h1-9,13H,18H2;1H/t13-;/m0./s1. The van der Waals surface area contributed by atoms with Crippen LogP contribution in [0.2, 0.25) is 0 Å². The fourth-order valence-electron chi connectivity index (χ4n) is 1.83. The quantitative estimate of drug-likeness (QED) is 0.874. The smallest absolute Gasteiger partial charge is 0.316 e. The maximum Gasteiger partial charge on any atom is 0.407 e. The summed E-state index contributed by atoms with van der Waals surface area (Å²) < 4.78 is 38.1. The van der Waals surface area contributed by atoms with Crippen molar-refractivity contribution in [2.75, 3.05) is 0 Å². The molecule has 0 unspecified atom stereocenters. The van der Waals surface area contributed by atoms with E-state index in [9.17, 15) is 13.2 Å². The van der Waals surface area contributed by atoms with Gasteiger partial charge in [0.05, 0.1) is 0 Å². The van der Waals surface area contributed by atoms with E-state index in [1.165, 1.54) is 6.07 Å². The highest BCUT2D eigenvalue weighted by atomic mass is 35.5. The second-order valence-electron chi connectivity index (χ2n) is 3.97. The lowest BCUT2D eigenvalue weighted by molar-refractivity contribution is -0.149. The number of alkyl halides is 3. The van der Waals surface area contributed by atoms with Gasteiger partial charge in [-0.15, -0.1) is 12.4 Å². The SMILES string of the molecule is Cl.N[C@@H](c1ccccc1-c1ccccc1)C(F)(F)F. The number of halogens is 4. The molecule has 2 aromatic carbocycles. The van der Waals surface area contributed by atoms with Gasteiger partial charge in [0.15, 0.2) is 0 Å². The van der Waals surface area contributed by atoms with Crippen LogP contribution in [0.15, 0.2) is 54.6 Å². The molecule has 0 aliphatic heterocycles. The molecule has 0 fully saturated rings. The van der Waals surface area contributed by atoms with Gasteiger partial charge in [-0.2, -0.15) is 13.2 Å². The summed E-state index contributed by atoms with van der Waals surface area (Å²) in [6.07, 6.45) is -4.44. The summed E-state index contributed by atoms with van der Waals surface area (Å²) in [6.45, 7) is 0. The molecule has 0 saturated carbocycles. The van der Waals surface area contributed by atoms with Crippen molar-refractivity contribution in [3.05, 3.63) is 60.2 Å². The first-order chi connectivity index (χ1) is 8.50. The van der Waals surface area contributed by atoms with Gasteiger partial charge in [-0.1, -0.05) is 54.6 Å². The van der Waals surface area contributed by atoms with Crippen molar-refractivity contribution in [3.63, 3.8) is 0 Å². The monoisotopic (exact) mass is 287 g/mol. The molecule has 0 spiro atoms. The minimum atomic E-state index is -4.44. The molecule has 2 aromatic rings. The topological polar surface area (TPSA) is 26.0 Å². The number of hydrogen-bond acceptors (Lipinski definition) is 1. The highest BCUT2D eigenvalue weighted by molar-refractivity contribution is 5.85. The molecule has 102 valence electrons. The zero-order valence-electron chi connectivity index (χ0n) is 9.89. The Morgan fingerprint density at radius 1 is 0.842 bits per heavy atom. The summed E-state index contributed by atoms with van der Waals surface area (Å²) in [6, 6.07) is 13.3. The van der Waals surface area contributed by atoms with E-state index in [2.05, 4.69) is 0 Å². The van der Waals surface area contributed by atoms with Gasteiger partial charge in [0.2, 0.25) is 0 Å². The highest BCUT2D eigenvalue weighted by Crippen LogP contribution is 2.35. The van der Waals surface area contributed by atoms with Crippen molar-refractivity contribution in [2.24, 2.45) is 5.73 Å². The van der Waals surface area contributed by atoms with Crippen molar-refractivity contribution >= 4 is 12.4 Å². The molecule has 19 heavy (non-hydrogen) atoms. The van der Waals surface area contributed by atoms with Crippen LogP contribution in [-0.4, -0.2) is 6.18 Å². The van der Waals surface area contributed by atoms with E-state index in [-0.39, 0.29) is 18.0 Å². The van der Waals surface area contributed by atoms with Crippen LogP contribution in [0.4, 0.5) is 13.2 Å². The number of nitrogens with two attached hydrogens (primary N) is 1. The summed E-state index contributed by atoms with van der Waals surface area (Å²) in [5, 5.41) is 0. The molecule has 0 heterocycles. The first-order valence-corrected chi connectivity index (χ1v) is 5.47. The summed E-state index contributed by atoms with van der Waals surface area (Å²) in [5.74, 6) is 0. The largest absolute Gasteiger partial charge is 0.407 e. The Balaban J connectivity index is 0.00000180. The van der Waals surface area contributed by atoms with Crippen LogP contribution in [0.5, 0.6) is 0 Å². The van der Waals surface area contributed by atoms with Gasteiger partial charge in [0.1, 0.15) is 6.04 Å². The van der Waals surface area contributed by atoms with E-state index < -0.39 is 12.2 Å². The third-order valence-corrected chi connectivity index (χ3v) is 2.73. The second kappa shape index (κ2) is 6.08. The Kier molecular flexibility index (Phi) is 4.97. The Hall–Kier alpha value is -1.52. The van der Waals surface area contributed by atoms with Crippen LogP contribution in [0.1, 0.15) is 11.6 Å². The maximum atomic E-state index is 12.7. The molecule has 0 amide bonds. The number of rotatable bonds is 2. The van der Waals surface area contributed by atoms with E-state index in [1.807, 2.05) is 6.07 Å². The van der Waals surface area contributed by atoms with Crippen LogP contribution in [0.25, 0.3) is 11.1 Å². The van der Waals surface area contributed by atoms with Gasteiger partial charge in [0, 0.05) is 0 Å². The molecule has 2 N–H and O–H groups in total. The molecule has 0 aromatic heterocycles. The summed E-state index contributed by atoms with van der Waals surface area (Å²) >= 11 is 0. The minimum absolute atomic E-state index is 0. The van der Waals surface area contributed by atoms with Gasteiger partial charge < -0.3 is 5.73 Å². The first-order valence-electron chi connectivity index (χ1n) is 5.47. The van der Waals surface area contributed by atoms with Crippen molar-refractivity contribution in [1.82, 2.24) is 0 Å². The average molecular weight is 288 g/mol. The first kappa shape index (κ1) is 15.5. The summed E-state index contributed by atoms with van der Waals surface area (Å²) in [4.78, 5) is 0. The third kappa shape index (κ3) is 3.49. The van der Waals surface area contributed by atoms with Gasteiger partial charge in [-0.25, -0.2) is 0 Å². The Bertz CT molecular complexity index is 526. The minimum Gasteiger partial charge on any atom is -0.316 e. The Morgan fingerprint density at radius 2 is 1.37 bits per heavy atom. The van der Waals surface area contributed by atoms with Crippen molar-refractivity contribution in [1.29, 1.82) is 0 Å². The molecular weight excluding hydrogens is 275 g/mol. The zero-order valence-corrected chi connectivity index (χ0v) is 10.7. The van der Waals surface area contributed by atoms with Gasteiger partial charge in [-0.05, 0) is 16.7 Å². The van der Waals surface area contributed by atoms with Crippen LogP contribution >= 0.6 is 12.4 Å². The maximum absolute atomic E-state index is 12.7. The fraction of sp³-hybridized carbons (Fsp3) is 0.143. The van der Waals surface area contributed by atoms with Crippen LogP contribution in [0, 0.1) is 0 Å². The lowest BCUT2D eigenvalue weighted by atomic mass is 9.95. The predicted octanol–water partition coefficient (Wildman–Crippen LogP) is 4.34. The van der Waals surface area contributed by atoms with Crippen LogP contribution in [-0.2, 0) is 0 Å².